The van der Waals surface area contributed by atoms with Crippen molar-refractivity contribution in [2.45, 2.75) is 18.8 Å². The molecule has 1 atom stereocenters. The Morgan fingerprint density at radius 2 is 1.89 bits per heavy atom. The first-order valence-electron chi connectivity index (χ1n) is 11.8. The fourth-order valence-corrected chi connectivity index (χ4v) is 4.69. The summed E-state index contributed by atoms with van der Waals surface area (Å²) in [6, 6.07) is 16.6. The number of carbonyl (C=O) groups is 1. The summed E-state index contributed by atoms with van der Waals surface area (Å²) < 4.78 is 13.8. The first-order chi connectivity index (χ1) is 17.5. The number of aromatic nitrogens is 5. The second kappa shape index (κ2) is 9.73. The van der Waals surface area contributed by atoms with Crippen molar-refractivity contribution in [3.05, 3.63) is 76.6 Å². The lowest BCUT2D eigenvalue weighted by atomic mass is 9.96. The van der Waals surface area contributed by atoms with Gasteiger partial charge in [0.2, 0.25) is 0 Å². The van der Waals surface area contributed by atoms with Crippen molar-refractivity contribution in [1.82, 2.24) is 29.4 Å². The Balaban J connectivity index is 1.40. The van der Waals surface area contributed by atoms with Gasteiger partial charge in [0, 0.05) is 31.6 Å². The van der Waals surface area contributed by atoms with Crippen molar-refractivity contribution >= 4 is 5.91 Å². The molecule has 3 heterocycles. The molecule has 1 amide bonds. The van der Waals surface area contributed by atoms with E-state index < -0.39 is 0 Å². The highest BCUT2D eigenvalue weighted by Crippen LogP contribution is 2.33. The molecule has 1 aliphatic rings. The minimum Gasteiger partial charge on any atom is -0.497 e. The van der Waals surface area contributed by atoms with Crippen LogP contribution in [0.3, 0.4) is 0 Å². The maximum absolute atomic E-state index is 13.4. The molecule has 1 N–H and O–H groups in total. The Morgan fingerprint density at radius 3 is 2.64 bits per heavy atom. The second-order valence-electron chi connectivity index (χ2n) is 8.76. The Labute approximate surface area is 208 Å². The summed E-state index contributed by atoms with van der Waals surface area (Å²) in [5.74, 6) is 1.74. The number of carbonyl (C=O) groups excluding carboxylic acids is 1. The van der Waals surface area contributed by atoms with Gasteiger partial charge >= 0.3 is 5.69 Å². The number of aryl methyl sites for hydroxylation is 1. The number of nitrogens with one attached hydrogen (secondary N) is 1. The molecule has 1 fully saturated rings. The molecule has 2 aromatic carbocycles. The first-order valence-corrected chi connectivity index (χ1v) is 11.8. The molecule has 5 rings (SSSR count). The predicted octanol–water partition coefficient (Wildman–Crippen LogP) is 3.00. The van der Waals surface area contributed by atoms with Crippen molar-refractivity contribution in [3.63, 3.8) is 0 Å². The van der Waals surface area contributed by atoms with Crippen LogP contribution in [-0.4, -0.2) is 62.7 Å². The van der Waals surface area contributed by atoms with E-state index >= 15 is 0 Å². The molecule has 0 saturated carbocycles. The van der Waals surface area contributed by atoms with Crippen LogP contribution in [0.15, 0.2) is 59.4 Å². The molecular weight excluding hydrogens is 460 g/mol. The Kier molecular flexibility index (Phi) is 6.32. The predicted molar refractivity (Wildman–Crippen MR) is 134 cm³/mol. The molecule has 10 nitrogen and oxygen atoms in total. The van der Waals surface area contributed by atoms with Crippen LogP contribution < -0.4 is 15.2 Å². The third-order valence-corrected chi connectivity index (χ3v) is 6.53. The highest BCUT2D eigenvalue weighted by molar-refractivity contribution is 5.93. The second-order valence-corrected chi connectivity index (χ2v) is 8.76. The number of benzene rings is 2. The van der Waals surface area contributed by atoms with Crippen LogP contribution in [0, 0.1) is 0 Å². The summed E-state index contributed by atoms with van der Waals surface area (Å²) in [6.07, 6.45) is 1.64. The summed E-state index contributed by atoms with van der Waals surface area (Å²) in [4.78, 5) is 28.1. The molecule has 4 aromatic rings. The lowest BCUT2D eigenvalue weighted by Gasteiger charge is -2.32. The van der Waals surface area contributed by atoms with Crippen LogP contribution in [0.1, 0.15) is 35.1 Å². The van der Waals surface area contributed by atoms with Crippen LogP contribution in [0.4, 0.5) is 0 Å². The zero-order valence-electron chi connectivity index (χ0n) is 20.5. The summed E-state index contributed by atoms with van der Waals surface area (Å²) >= 11 is 0. The number of methoxy groups -OCH3 is 2. The number of piperidine rings is 1. The number of H-pyrrole nitrogens is 1. The minimum atomic E-state index is -0.204. The van der Waals surface area contributed by atoms with E-state index in [4.69, 9.17) is 9.47 Å². The van der Waals surface area contributed by atoms with Gasteiger partial charge in [-0.15, -0.1) is 0 Å². The number of likely N-dealkylation sites (tertiary alicyclic amines) is 1. The zero-order valence-corrected chi connectivity index (χ0v) is 20.5. The van der Waals surface area contributed by atoms with Gasteiger partial charge in [0.25, 0.3) is 5.91 Å². The SMILES string of the molecule is COc1ccc(OC)c(-c2cc(C(=O)N3CCCC(c4nn(C)c(=O)n4-c4ccccc4)C3)[nH]n2)c1. The molecule has 36 heavy (non-hydrogen) atoms. The van der Waals surface area contributed by atoms with E-state index in [-0.39, 0.29) is 17.5 Å². The van der Waals surface area contributed by atoms with Crippen molar-refractivity contribution in [1.29, 1.82) is 0 Å². The standard InChI is InChI=1S/C26H28N6O4/c1-30-26(34)32(18-9-5-4-6-10-18)24(29-30)17-8-7-13-31(16-17)25(33)22-15-21(27-28-22)20-14-19(35-2)11-12-23(20)36-3/h4-6,9-12,14-15,17H,7-8,13,16H2,1-3H3,(H,27,28). The highest BCUT2D eigenvalue weighted by atomic mass is 16.5. The fraction of sp³-hybridized carbons (Fsp3) is 0.308. The molecule has 2 aromatic heterocycles. The van der Waals surface area contributed by atoms with Crippen LogP contribution in [-0.2, 0) is 7.05 Å². The third kappa shape index (κ3) is 4.26. The van der Waals surface area contributed by atoms with E-state index in [2.05, 4.69) is 15.3 Å². The number of aromatic amines is 1. The van der Waals surface area contributed by atoms with Crippen LogP contribution >= 0.6 is 0 Å². The monoisotopic (exact) mass is 488 g/mol. The van der Waals surface area contributed by atoms with Crippen molar-refractivity contribution in [2.24, 2.45) is 7.05 Å². The number of hydrogen-bond acceptors (Lipinski definition) is 6. The lowest BCUT2D eigenvalue weighted by Crippen LogP contribution is -2.40. The van der Waals surface area contributed by atoms with Gasteiger partial charge in [-0.25, -0.2) is 14.0 Å². The van der Waals surface area contributed by atoms with E-state index in [1.807, 2.05) is 42.5 Å². The molecule has 1 saturated heterocycles. The number of nitrogens with zero attached hydrogens (tertiary/aromatic N) is 5. The molecule has 10 heteroatoms. The average Bonchev–Trinajstić information content (AvgIpc) is 3.53. The number of rotatable bonds is 6. The van der Waals surface area contributed by atoms with Gasteiger partial charge in [0.1, 0.15) is 23.0 Å². The smallest absolute Gasteiger partial charge is 0.350 e. The maximum Gasteiger partial charge on any atom is 0.350 e. The van der Waals surface area contributed by atoms with Gasteiger partial charge < -0.3 is 14.4 Å². The van der Waals surface area contributed by atoms with Gasteiger partial charge in [0.15, 0.2) is 0 Å². The quantitative estimate of drug-likeness (QED) is 0.447. The van der Waals surface area contributed by atoms with Gasteiger partial charge in [-0.05, 0) is 49.2 Å². The van der Waals surface area contributed by atoms with Gasteiger partial charge in [-0.2, -0.15) is 10.2 Å². The molecule has 0 aliphatic carbocycles. The van der Waals surface area contributed by atoms with Crippen molar-refractivity contribution in [3.8, 4) is 28.4 Å². The van der Waals surface area contributed by atoms with E-state index in [1.165, 1.54) is 4.68 Å². The molecule has 0 radical (unpaired) electrons. The van der Waals surface area contributed by atoms with Gasteiger partial charge in [-0.3, -0.25) is 9.89 Å². The third-order valence-electron chi connectivity index (χ3n) is 6.53. The molecular formula is C26H28N6O4. The Bertz CT molecular complexity index is 1440. The van der Waals surface area contributed by atoms with E-state index in [9.17, 15) is 9.59 Å². The van der Waals surface area contributed by atoms with Crippen LogP contribution in [0.2, 0.25) is 0 Å². The maximum atomic E-state index is 13.4. The number of ether oxygens (including phenoxy) is 2. The summed E-state index contributed by atoms with van der Waals surface area (Å²) in [5, 5.41) is 11.8. The lowest BCUT2D eigenvalue weighted by molar-refractivity contribution is 0.0698. The molecule has 0 bridgehead atoms. The number of amides is 1. The van der Waals surface area contributed by atoms with Crippen LogP contribution in [0.25, 0.3) is 16.9 Å². The number of para-hydroxylation sites is 1. The normalized spacial score (nSPS) is 15.6. The van der Waals surface area contributed by atoms with Crippen molar-refractivity contribution < 1.29 is 14.3 Å². The molecule has 0 spiro atoms. The van der Waals surface area contributed by atoms with Crippen molar-refractivity contribution in [2.75, 3.05) is 27.3 Å². The molecule has 186 valence electrons. The first kappa shape index (κ1) is 23.4. The van der Waals surface area contributed by atoms with Crippen LogP contribution in [0.5, 0.6) is 11.5 Å². The summed E-state index contributed by atoms with van der Waals surface area (Å²) in [6.45, 7) is 1.08. The Hall–Kier alpha value is -4.34. The topological polar surface area (TPSA) is 107 Å². The van der Waals surface area contributed by atoms with E-state index in [1.54, 1.807) is 42.9 Å². The van der Waals surface area contributed by atoms with Gasteiger partial charge in [0.05, 0.1) is 25.6 Å². The average molecular weight is 489 g/mol. The van der Waals surface area contributed by atoms with E-state index in [0.717, 1.165) is 24.1 Å². The number of hydrogen-bond donors (Lipinski definition) is 1. The summed E-state index contributed by atoms with van der Waals surface area (Å²) in [7, 11) is 4.83. The zero-order chi connectivity index (χ0) is 25.2. The van der Waals surface area contributed by atoms with Gasteiger partial charge in [-0.1, -0.05) is 18.2 Å². The van der Waals surface area contributed by atoms with E-state index in [0.29, 0.717) is 41.8 Å². The minimum absolute atomic E-state index is 0.0716. The molecule has 1 aliphatic heterocycles. The summed E-state index contributed by atoms with van der Waals surface area (Å²) in [5.41, 5.74) is 2.26. The Morgan fingerprint density at radius 1 is 1.08 bits per heavy atom. The fourth-order valence-electron chi connectivity index (χ4n) is 4.69. The highest BCUT2D eigenvalue weighted by Gasteiger charge is 2.31. The molecule has 1 unspecified atom stereocenters. The largest absolute Gasteiger partial charge is 0.497 e.